The van der Waals surface area contributed by atoms with E-state index in [2.05, 4.69) is 36.9 Å². The van der Waals surface area contributed by atoms with Gasteiger partial charge in [0.2, 0.25) is 5.91 Å². The van der Waals surface area contributed by atoms with Gasteiger partial charge in [0.1, 0.15) is 0 Å². The summed E-state index contributed by atoms with van der Waals surface area (Å²) in [6, 6.07) is 13.9. The summed E-state index contributed by atoms with van der Waals surface area (Å²) >= 11 is 0. The topological polar surface area (TPSA) is 87.3 Å². The van der Waals surface area contributed by atoms with Crippen molar-refractivity contribution in [2.45, 2.75) is 47.0 Å². The van der Waals surface area contributed by atoms with Gasteiger partial charge >= 0.3 is 0 Å². The molecule has 6 nitrogen and oxygen atoms in total. The number of rotatable bonds is 3. The van der Waals surface area contributed by atoms with E-state index < -0.39 is 11.3 Å². The Morgan fingerprint density at radius 2 is 1.14 bits per heavy atom. The van der Waals surface area contributed by atoms with Gasteiger partial charge in [0.25, 0.3) is 11.8 Å². The quantitative estimate of drug-likeness (QED) is 0.686. The van der Waals surface area contributed by atoms with E-state index in [1.54, 1.807) is 57.2 Å². The fraction of sp³-hybridized carbons (Fsp3) is 0.348. The molecule has 0 spiro atoms. The molecule has 6 heteroatoms. The fourth-order valence-corrected chi connectivity index (χ4v) is 2.40. The highest BCUT2D eigenvalue weighted by Gasteiger charge is 2.21. The lowest BCUT2D eigenvalue weighted by molar-refractivity contribution is -0.129. The molecule has 154 valence electrons. The first-order valence-electron chi connectivity index (χ1n) is 9.51. The number of carbonyl (C=O) groups excluding carboxylic acids is 3. The molecule has 0 aliphatic carbocycles. The van der Waals surface area contributed by atoms with E-state index in [-0.39, 0.29) is 17.2 Å². The number of carbonyl (C=O) groups is 3. The zero-order chi connectivity index (χ0) is 21.8. The Balaban J connectivity index is 1.97. The Bertz CT molecular complexity index is 887. The molecule has 2 rings (SSSR count). The van der Waals surface area contributed by atoms with Gasteiger partial charge in [0, 0.05) is 22.2 Å². The van der Waals surface area contributed by atoms with Crippen LogP contribution < -0.4 is 16.2 Å². The van der Waals surface area contributed by atoms with Crippen molar-refractivity contribution in [2.75, 3.05) is 5.32 Å². The van der Waals surface area contributed by atoms with Gasteiger partial charge in [0.15, 0.2) is 0 Å². The highest BCUT2D eigenvalue weighted by atomic mass is 16.2. The van der Waals surface area contributed by atoms with Crippen molar-refractivity contribution >= 4 is 23.4 Å². The third-order valence-corrected chi connectivity index (χ3v) is 4.39. The molecule has 3 amide bonds. The second-order valence-corrected chi connectivity index (χ2v) is 9.02. The summed E-state index contributed by atoms with van der Waals surface area (Å²) in [5.74, 6) is -0.939. The van der Waals surface area contributed by atoms with Crippen LogP contribution in [0.25, 0.3) is 0 Å². The molecule has 0 bridgehead atoms. The Hall–Kier alpha value is -3.15. The van der Waals surface area contributed by atoms with Crippen LogP contribution >= 0.6 is 0 Å². The smallest absolute Gasteiger partial charge is 0.269 e. The number of hydrogen-bond acceptors (Lipinski definition) is 3. The highest BCUT2D eigenvalue weighted by Crippen LogP contribution is 2.22. The molecular weight excluding hydrogens is 366 g/mol. The Morgan fingerprint density at radius 3 is 1.62 bits per heavy atom. The summed E-state index contributed by atoms with van der Waals surface area (Å²) in [6.45, 7) is 11.6. The van der Waals surface area contributed by atoms with E-state index in [9.17, 15) is 14.4 Å². The molecular formula is C23H29N3O3. The molecule has 0 heterocycles. The normalized spacial score (nSPS) is 11.5. The number of anilines is 1. The van der Waals surface area contributed by atoms with Gasteiger partial charge < -0.3 is 5.32 Å². The second-order valence-electron chi connectivity index (χ2n) is 9.02. The summed E-state index contributed by atoms with van der Waals surface area (Å²) in [4.78, 5) is 36.4. The van der Waals surface area contributed by atoms with Gasteiger partial charge in [-0.05, 0) is 47.4 Å². The maximum Gasteiger partial charge on any atom is 0.269 e. The molecule has 0 unspecified atom stereocenters. The van der Waals surface area contributed by atoms with Gasteiger partial charge in [-0.15, -0.1) is 0 Å². The Kier molecular flexibility index (Phi) is 6.47. The van der Waals surface area contributed by atoms with Gasteiger partial charge in [-0.2, -0.15) is 0 Å². The number of benzene rings is 2. The summed E-state index contributed by atoms with van der Waals surface area (Å²) < 4.78 is 0. The van der Waals surface area contributed by atoms with E-state index in [4.69, 9.17) is 0 Å². The Labute approximate surface area is 172 Å². The summed E-state index contributed by atoms with van der Waals surface area (Å²) in [7, 11) is 0. The molecule has 0 aliphatic rings. The van der Waals surface area contributed by atoms with Crippen LogP contribution in [-0.2, 0) is 10.2 Å². The zero-order valence-corrected chi connectivity index (χ0v) is 17.8. The predicted octanol–water partition coefficient (Wildman–Crippen LogP) is 4.04. The van der Waals surface area contributed by atoms with Crippen molar-refractivity contribution in [1.82, 2.24) is 10.9 Å². The summed E-state index contributed by atoms with van der Waals surface area (Å²) in [6.07, 6.45) is 0. The molecule has 0 saturated heterocycles. The van der Waals surface area contributed by atoms with Crippen molar-refractivity contribution < 1.29 is 14.4 Å². The minimum Gasteiger partial charge on any atom is -0.322 e. The van der Waals surface area contributed by atoms with Gasteiger partial charge in [0.05, 0.1) is 0 Å². The molecule has 2 aromatic carbocycles. The van der Waals surface area contributed by atoms with E-state index in [0.29, 0.717) is 16.8 Å². The van der Waals surface area contributed by atoms with Gasteiger partial charge in [-0.3, -0.25) is 25.2 Å². The highest BCUT2D eigenvalue weighted by molar-refractivity contribution is 6.04. The van der Waals surface area contributed by atoms with Crippen molar-refractivity contribution in [3.8, 4) is 0 Å². The number of nitrogens with one attached hydrogen (secondary N) is 3. The average Bonchev–Trinajstić information content (AvgIpc) is 2.65. The first-order chi connectivity index (χ1) is 13.4. The average molecular weight is 396 g/mol. The summed E-state index contributed by atoms with van der Waals surface area (Å²) in [5.41, 5.74) is 6.86. The van der Waals surface area contributed by atoms with Crippen molar-refractivity contribution in [3.63, 3.8) is 0 Å². The predicted molar refractivity (Wildman–Crippen MR) is 115 cm³/mol. The van der Waals surface area contributed by atoms with Crippen molar-refractivity contribution in [1.29, 1.82) is 0 Å². The third-order valence-electron chi connectivity index (χ3n) is 4.39. The molecule has 3 N–H and O–H groups in total. The van der Waals surface area contributed by atoms with Crippen LogP contribution in [0.15, 0.2) is 48.5 Å². The first-order valence-corrected chi connectivity index (χ1v) is 9.51. The molecule has 0 fully saturated rings. The van der Waals surface area contributed by atoms with E-state index >= 15 is 0 Å². The standard InChI is InChI=1S/C23H29N3O3/c1-22(2,3)17-11-7-15(8-12-17)19(27)24-18-13-9-16(10-14-18)20(28)25-26-21(29)23(4,5)6/h7-14H,1-6H3,(H,24,27)(H,25,28)(H,26,29). The summed E-state index contributed by atoms with van der Waals surface area (Å²) in [5, 5.41) is 2.81. The second kappa shape index (κ2) is 8.47. The lowest BCUT2D eigenvalue weighted by atomic mass is 9.87. The van der Waals surface area contributed by atoms with Crippen LogP contribution in [0.5, 0.6) is 0 Å². The first kappa shape index (κ1) is 22.1. The van der Waals surface area contributed by atoms with E-state index in [1.165, 1.54) is 0 Å². The lowest BCUT2D eigenvalue weighted by Gasteiger charge is -2.19. The minimum atomic E-state index is -0.605. The van der Waals surface area contributed by atoms with Crippen molar-refractivity contribution in [3.05, 3.63) is 65.2 Å². The maximum absolute atomic E-state index is 12.4. The Morgan fingerprint density at radius 1 is 0.655 bits per heavy atom. The molecule has 0 aliphatic heterocycles. The molecule has 0 radical (unpaired) electrons. The molecule has 0 atom stereocenters. The minimum absolute atomic E-state index is 0.0256. The van der Waals surface area contributed by atoms with Crippen LogP contribution in [0.1, 0.15) is 67.8 Å². The molecule has 29 heavy (non-hydrogen) atoms. The zero-order valence-electron chi connectivity index (χ0n) is 17.8. The number of hydrazine groups is 1. The largest absolute Gasteiger partial charge is 0.322 e. The van der Waals surface area contributed by atoms with Gasteiger partial charge in [-0.25, -0.2) is 0 Å². The molecule has 0 aromatic heterocycles. The number of hydrogen-bond donors (Lipinski definition) is 3. The van der Waals surface area contributed by atoms with Crippen LogP contribution in [0, 0.1) is 5.41 Å². The monoisotopic (exact) mass is 395 g/mol. The van der Waals surface area contributed by atoms with Crippen molar-refractivity contribution in [2.24, 2.45) is 5.41 Å². The van der Waals surface area contributed by atoms with Crippen LogP contribution in [0.2, 0.25) is 0 Å². The molecule has 2 aromatic rings. The fourth-order valence-electron chi connectivity index (χ4n) is 2.40. The maximum atomic E-state index is 12.4. The molecule has 0 saturated carbocycles. The third kappa shape index (κ3) is 6.17. The van der Waals surface area contributed by atoms with E-state index in [1.807, 2.05) is 12.1 Å². The van der Waals surface area contributed by atoms with Gasteiger partial charge in [-0.1, -0.05) is 53.7 Å². The van der Waals surface area contributed by atoms with E-state index in [0.717, 1.165) is 5.56 Å². The van der Waals surface area contributed by atoms with Crippen LogP contribution in [-0.4, -0.2) is 17.7 Å². The SMILES string of the molecule is CC(C)(C)C(=O)NNC(=O)c1ccc(NC(=O)c2ccc(C(C)(C)C)cc2)cc1. The lowest BCUT2D eigenvalue weighted by Crippen LogP contribution is -2.46. The van der Waals surface area contributed by atoms with Crippen LogP contribution in [0.4, 0.5) is 5.69 Å². The number of amides is 3. The van der Waals surface area contributed by atoms with Crippen LogP contribution in [0.3, 0.4) is 0 Å².